The molecule has 0 aliphatic rings. The summed E-state index contributed by atoms with van der Waals surface area (Å²) >= 11 is 0. The molecule has 8 nitrogen and oxygen atoms in total. The highest BCUT2D eigenvalue weighted by Crippen LogP contribution is 2.21. The zero-order valence-electron chi connectivity index (χ0n) is 14.4. The molecule has 0 aliphatic carbocycles. The molecule has 0 radical (unpaired) electrons. The van der Waals surface area contributed by atoms with Crippen LogP contribution >= 0.6 is 0 Å². The van der Waals surface area contributed by atoms with Crippen LogP contribution in [-0.2, 0) is 0 Å². The molecule has 26 heavy (non-hydrogen) atoms. The van der Waals surface area contributed by atoms with E-state index < -0.39 is 0 Å². The Kier molecular flexibility index (Phi) is 3.11. The van der Waals surface area contributed by atoms with E-state index in [4.69, 9.17) is 4.98 Å². The van der Waals surface area contributed by atoms with Crippen LogP contribution in [0.5, 0.6) is 0 Å². The third kappa shape index (κ3) is 2.19. The van der Waals surface area contributed by atoms with Crippen LogP contribution in [0.1, 0.15) is 24.5 Å². The van der Waals surface area contributed by atoms with Crippen molar-refractivity contribution in [2.75, 3.05) is 0 Å². The Morgan fingerprint density at radius 2 is 1.85 bits per heavy atom. The number of fused-ring (bicyclic) bond motifs is 3. The van der Waals surface area contributed by atoms with Crippen LogP contribution in [0.3, 0.4) is 0 Å². The highest BCUT2D eigenvalue weighted by molar-refractivity contribution is 5.89. The number of nitrogens with zero attached hydrogens (tertiary/aromatic N) is 8. The Labute approximate surface area is 148 Å². The van der Waals surface area contributed by atoms with E-state index in [0.717, 1.165) is 28.1 Å². The summed E-state index contributed by atoms with van der Waals surface area (Å²) in [5.41, 5.74) is 3.42. The maximum absolute atomic E-state index is 4.73. The van der Waals surface area contributed by atoms with Crippen LogP contribution in [0.25, 0.3) is 22.4 Å². The Morgan fingerprint density at radius 3 is 2.62 bits per heavy atom. The molecule has 4 aromatic heterocycles. The highest BCUT2D eigenvalue weighted by Gasteiger charge is 2.18. The molecule has 0 spiro atoms. The second-order valence-corrected chi connectivity index (χ2v) is 6.23. The van der Waals surface area contributed by atoms with Crippen LogP contribution < -0.4 is 0 Å². The second-order valence-electron chi connectivity index (χ2n) is 6.23. The van der Waals surface area contributed by atoms with Gasteiger partial charge in [0.25, 0.3) is 0 Å². The predicted molar refractivity (Wildman–Crippen MR) is 96.2 cm³/mol. The van der Waals surface area contributed by atoms with Crippen molar-refractivity contribution in [3.63, 3.8) is 0 Å². The van der Waals surface area contributed by atoms with Gasteiger partial charge in [0.05, 0.1) is 23.0 Å². The Balaban J connectivity index is 1.65. The van der Waals surface area contributed by atoms with E-state index >= 15 is 0 Å². The van der Waals surface area contributed by atoms with Gasteiger partial charge in [-0.1, -0.05) is 18.2 Å². The van der Waals surface area contributed by atoms with Gasteiger partial charge in [0.1, 0.15) is 12.4 Å². The van der Waals surface area contributed by atoms with Crippen molar-refractivity contribution < 1.29 is 0 Å². The first-order chi connectivity index (χ1) is 12.7. The average Bonchev–Trinajstić information content (AvgIpc) is 3.38. The molecule has 1 atom stereocenters. The maximum atomic E-state index is 4.73. The molecule has 8 heteroatoms. The van der Waals surface area contributed by atoms with Crippen LogP contribution in [0.2, 0.25) is 0 Å². The lowest BCUT2D eigenvalue weighted by molar-refractivity contribution is 0.533. The van der Waals surface area contributed by atoms with Crippen LogP contribution in [-0.4, -0.2) is 39.1 Å². The number of hydrogen-bond donors (Lipinski definition) is 0. The summed E-state index contributed by atoms with van der Waals surface area (Å²) in [5, 5.41) is 14.4. The zero-order chi connectivity index (χ0) is 17.7. The lowest BCUT2D eigenvalue weighted by Gasteiger charge is -2.06. The number of aryl methyl sites for hydroxylation is 1. The van der Waals surface area contributed by atoms with Crippen LogP contribution in [0.4, 0.5) is 0 Å². The summed E-state index contributed by atoms with van der Waals surface area (Å²) in [5.74, 6) is 0.690. The van der Waals surface area contributed by atoms with Gasteiger partial charge in [-0.15, -0.1) is 5.10 Å². The van der Waals surface area contributed by atoms with E-state index in [1.54, 1.807) is 17.0 Å². The topological polar surface area (TPSA) is 78.7 Å². The lowest BCUT2D eigenvalue weighted by Crippen LogP contribution is -2.09. The second kappa shape index (κ2) is 5.48. The minimum Gasteiger partial charge on any atom is -0.262 e. The first kappa shape index (κ1) is 14.8. The SMILES string of the molecule is Cc1ccn([C@@H](C)c2nc3c4cnn(-c5ccccc5)c4ncn3n2)n1. The zero-order valence-corrected chi connectivity index (χ0v) is 14.4. The summed E-state index contributed by atoms with van der Waals surface area (Å²) in [4.78, 5) is 9.26. The monoisotopic (exact) mass is 344 g/mol. The van der Waals surface area contributed by atoms with Crippen LogP contribution in [0.15, 0.2) is 55.1 Å². The fourth-order valence-electron chi connectivity index (χ4n) is 3.04. The van der Waals surface area contributed by atoms with E-state index in [1.165, 1.54) is 0 Å². The molecule has 0 amide bonds. The third-order valence-corrected chi connectivity index (χ3v) is 4.43. The molecule has 5 rings (SSSR count). The van der Waals surface area contributed by atoms with Crippen molar-refractivity contribution in [1.82, 2.24) is 39.1 Å². The highest BCUT2D eigenvalue weighted by atomic mass is 15.4. The van der Waals surface area contributed by atoms with Crippen molar-refractivity contribution in [2.24, 2.45) is 0 Å². The molecule has 0 bridgehead atoms. The summed E-state index contributed by atoms with van der Waals surface area (Å²) in [6.45, 7) is 3.99. The van der Waals surface area contributed by atoms with Crippen molar-refractivity contribution in [2.45, 2.75) is 19.9 Å². The van der Waals surface area contributed by atoms with Gasteiger partial charge in [-0.2, -0.15) is 10.2 Å². The summed E-state index contributed by atoms with van der Waals surface area (Å²) in [7, 11) is 0. The minimum absolute atomic E-state index is 0.0668. The van der Waals surface area contributed by atoms with Gasteiger partial charge in [0.15, 0.2) is 17.1 Å². The van der Waals surface area contributed by atoms with E-state index in [9.17, 15) is 0 Å². The number of benzene rings is 1. The van der Waals surface area contributed by atoms with Gasteiger partial charge >= 0.3 is 0 Å². The number of rotatable bonds is 3. The Morgan fingerprint density at radius 1 is 1.00 bits per heavy atom. The number of hydrogen-bond acceptors (Lipinski definition) is 5. The summed E-state index contributed by atoms with van der Waals surface area (Å²) < 4.78 is 5.37. The molecule has 1 aromatic carbocycles. The number of aromatic nitrogens is 8. The molecule has 5 aromatic rings. The molecule has 0 N–H and O–H groups in total. The fourth-order valence-corrected chi connectivity index (χ4v) is 3.04. The Hall–Kier alpha value is -3.55. The van der Waals surface area contributed by atoms with E-state index in [0.29, 0.717) is 5.82 Å². The van der Waals surface area contributed by atoms with Crippen molar-refractivity contribution in [1.29, 1.82) is 0 Å². The first-order valence-electron chi connectivity index (χ1n) is 8.37. The largest absolute Gasteiger partial charge is 0.262 e. The van der Waals surface area contributed by atoms with Gasteiger partial charge in [0.2, 0.25) is 0 Å². The van der Waals surface area contributed by atoms with E-state index in [-0.39, 0.29) is 6.04 Å². The van der Waals surface area contributed by atoms with Crippen LogP contribution in [0, 0.1) is 6.92 Å². The first-order valence-corrected chi connectivity index (χ1v) is 8.37. The Bertz CT molecular complexity index is 1210. The fraction of sp³-hybridized carbons (Fsp3) is 0.167. The van der Waals surface area contributed by atoms with Gasteiger partial charge in [-0.05, 0) is 32.0 Å². The van der Waals surface area contributed by atoms with Gasteiger partial charge in [-0.3, -0.25) is 4.68 Å². The average molecular weight is 344 g/mol. The van der Waals surface area contributed by atoms with Gasteiger partial charge < -0.3 is 0 Å². The van der Waals surface area contributed by atoms with E-state index in [1.807, 2.05) is 65.8 Å². The summed E-state index contributed by atoms with van der Waals surface area (Å²) in [6, 6.07) is 11.8. The third-order valence-electron chi connectivity index (χ3n) is 4.43. The normalized spacial score (nSPS) is 12.8. The summed E-state index contributed by atoms with van der Waals surface area (Å²) in [6.07, 6.45) is 5.40. The van der Waals surface area contributed by atoms with Crippen molar-refractivity contribution in [3.05, 3.63) is 66.6 Å². The lowest BCUT2D eigenvalue weighted by atomic mass is 10.3. The molecule has 0 saturated carbocycles. The van der Waals surface area contributed by atoms with Gasteiger partial charge in [-0.25, -0.2) is 19.2 Å². The van der Waals surface area contributed by atoms with Crippen molar-refractivity contribution >= 4 is 16.7 Å². The molecular weight excluding hydrogens is 328 g/mol. The van der Waals surface area contributed by atoms with E-state index in [2.05, 4.69) is 20.3 Å². The molecule has 0 saturated heterocycles. The molecule has 0 aliphatic heterocycles. The molecule has 4 heterocycles. The van der Waals surface area contributed by atoms with Gasteiger partial charge in [0, 0.05) is 6.20 Å². The molecule has 0 unspecified atom stereocenters. The van der Waals surface area contributed by atoms with Crippen molar-refractivity contribution in [3.8, 4) is 5.69 Å². The minimum atomic E-state index is -0.0668. The quantitative estimate of drug-likeness (QED) is 0.503. The standard InChI is InChI=1S/C18H16N8/c1-12-8-9-24(22-12)13(2)16-21-18-15-10-20-26(14-6-4-3-5-7-14)17(15)19-11-25(18)23-16/h3-11,13H,1-2H3/t13-/m0/s1. The molecule has 128 valence electrons. The predicted octanol–water partition coefficient (Wildman–Crippen LogP) is 2.58. The smallest absolute Gasteiger partial charge is 0.176 e. The molecule has 0 fully saturated rings. The maximum Gasteiger partial charge on any atom is 0.176 e. The number of para-hydroxylation sites is 1. The molecular formula is C18H16N8.